The number of halogens is 1. The molecule has 0 radical (unpaired) electrons. The summed E-state index contributed by atoms with van der Waals surface area (Å²) >= 11 is 6.86. The molecule has 1 aromatic rings. The quantitative estimate of drug-likeness (QED) is 0.765. The molecule has 1 aliphatic heterocycles. The number of methoxy groups -OCH3 is 1. The van der Waals surface area contributed by atoms with Gasteiger partial charge in [0, 0.05) is 6.54 Å². The lowest BCUT2D eigenvalue weighted by molar-refractivity contribution is -0.129. The zero-order chi connectivity index (χ0) is 18.6. The highest BCUT2D eigenvalue weighted by Crippen LogP contribution is 2.33. The molecule has 1 N–H and O–H groups in total. The molecule has 1 aromatic carbocycles. The van der Waals surface area contributed by atoms with Crippen molar-refractivity contribution in [2.75, 3.05) is 20.2 Å². The fourth-order valence-electron chi connectivity index (χ4n) is 2.08. The second kappa shape index (κ2) is 8.40. The number of hydrogen-bond acceptors (Lipinski definition) is 5. The first-order valence-electron chi connectivity index (χ1n) is 7.67. The van der Waals surface area contributed by atoms with Gasteiger partial charge in [0.15, 0.2) is 0 Å². The molecule has 0 saturated carbocycles. The maximum Gasteiger partial charge on any atom is 0.294 e. The Labute approximate surface area is 155 Å². The smallest absolute Gasteiger partial charge is 0.294 e. The molecular formula is C17H19ClN2O4S. The number of thioether (sulfide) groups is 1. The summed E-state index contributed by atoms with van der Waals surface area (Å²) in [5, 5.41) is 2.63. The highest BCUT2D eigenvalue weighted by Gasteiger charge is 2.36. The monoisotopic (exact) mass is 382 g/mol. The second-order valence-corrected chi connectivity index (χ2v) is 7.26. The second-order valence-electron chi connectivity index (χ2n) is 5.86. The van der Waals surface area contributed by atoms with Crippen molar-refractivity contribution in [1.82, 2.24) is 10.2 Å². The van der Waals surface area contributed by atoms with Crippen molar-refractivity contribution < 1.29 is 19.1 Å². The van der Waals surface area contributed by atoms with Crippen molar-refractivity contribution in [3.05, 3.63) is 33.7 Å². The summed E-state index contributed by atoms with van der Waals surface area (Å²) in [6.07, 6.45) is 1.57. The van der Waals surface area contributed by atoms with Gasteiger partial charge in [0.05, 0.1) is 17.0 Å². The number of hydrogen-bond donors (Lipinski definition) is 1. The molecule has 0 atom stereocenters. The molecule has 6 nitrogen and oxygen atoms in total. The van der Waals surface area contributed by atoms with Gasteiger partial charge in [-0.1, -0.05) is 31.5 Å². The van der Waals surface area contributed by atoms with Crippen LogP contribution in [0.25, 0.3) is 6.08 Å². The highest BCUT2D eigenvalue weighted by molar-refractivity contribution is 8.18. The highest BCUT2D eigenvalue weighted by atomic mass is 35.5. The SMILES string of the molecule is COc1ccc(/C=C2\SC(=O)N(CC(=O)NCC(C)C)C2=O)cc1Cl. The molecule has 2 rings (SSSR count). The summed E-state index contributed by atoms with van der Waals surface area (Å²) in [5.41, 5.74) is 0.667. The third kappa shape index (κ3) is 4.99. The summed E-state index contributed by atoms with van der Waals surface area (Å²) in [6, 6.07) is 5.05. The molecule has 1 fully saturated rings. The molecule has 0 bridgehead atoms. The van der Waals surface area contributed by atoms with E-state index in [-0.39, 0.29) is 17.4 Å². The molecule has 0 aromatic heterocycles. The van der Waals surface area contributed by atoms with E-state index in [0.29, 0.717) is 28.8 Å². The Bertz CT molecular complexity index is 733. The van der Waals surface area contributed by atoms with Crippen molar-refractivity contribution in [3.63, 3.8) is 0 Å². The molecule has 8 heteroatoms. The minimum absolute atomic E-state index is 0.253. The lowest BCUT2D eigenvalue weighted by Gasteiger charge is -2.13. The van der Waals surface area contributed by atoms with Gasteiger partial charge >= 0.3 is 0 Å². The zero-order valence-corrected chi connectivity index (χ0v) is 15.7. The first-order chi connectivity index (χ1) is 11.8. The summed E-state index contributed by atoms with van der Waals surface area (Å²) < 4.78 is 5.08. The first kappa shape index (κ1) is 19.3. The number of amides is 3. The summed E-state index contributed by atoms with van der Waals surface area (Å²) in [4.78, 5) is 37.5. The molecule has 0 spiro atoms. The Balaban J connectivity index is 2.09. The standard InChI is InChI=1S/C17H19ClN2O4S/c1-10(2)8-19-15(21)9-20-16(22)14(25-17(20)23)7-11-4-5-13(24-3)12(18)6-11/h4-7,10H,8-9H2,1-3H3,(H,19,21)/b14-7-. The number of benzene rings is 1. The molecule has 25 heavy (non-hydrogen) atoms. The van der Waals surface area contributed by atoms with E-state index >= 15 is 0 Å². The summed E-state index contributed by atoms with van der Waals surface area (Å²) in [7, 11) is 1.51. The molecule has 1 saturated heterocycles. The van der Waals surface area contributed by atoms with Crippen LogP contribution in [0.15, 0.2) is 23.1 Å². The maximum atomic E-state index is 12.4. The van der Waals surface area contributed by atoms with Gasteiger partial charge in [-0.15, -0.1) is 0 Å². The number of rotatable bonds is 6. The predicted octanol–water partition coefficient (Wildman–Crippen LogP) is 3.16. The van der Waals surface area contributed by atoms with Crippen LogP contribution in [-0.4, -0.2) is 42.2 Å². The minimum atomic E-state index is -0.485. The van der Waals surface area contributed by atoms with Gasteiger partial charge in [-0.25, -0.2) is 0 Å². The Kier molecular flexibility index (Phi) is 6.50. The Morgan fingerprint density at radius 3 is 2.72 bits per heavy atom. The van der Waals surface area contributed by atoms with Gasteiger partial charge in [-0.2, -0.15) is 0 Å². The molecular weight excluding hydrogens is 364 g/mol. The summed E-state index contributed by atoms with van der Waals surface area (Å²) in [6.45, 7) is 4.14. The minimum Gasteiger partial charge on any atom is -0.495 e. The first-order valence-corrected chi connectivity index (χ1v) is 8.87. The molecule has 1 aliphatic rings. The summed E-state index contributed by atoms with van der Waals surface area (Å²) in [5.74, 6) is -0.0290. The number of carbonyl (C=O) groups is 3. The van der Waals surface area contributed by atoms with Crippen molar-refractivity contribution in [2.24, 2.45) is 5.92 Å². The van der Waals surface area contributed by atoms with Crippen molar-refractivity contribution in [1.29, 1.82) is 0 Å². The van der Waals surface area contributed by atoms with Crippen LogP contribution < -0.4 is 10.1 Å². The number of nitrogens with zero attached hydrogens (tertiary/aromatic N) is 1. The van der Waals surface area contributed by atoms with Gasteiger partial charge in [0.25, 0.3) is 11.1 Å². The number of ether oxygens (including phenoxy) is 1. The zero-order valence-electron chi connectivity index (χ0n) is 14.2. The average Bonchev–Trinajstić information content (AvgIpc) is 2.80. The van der Waals surface area contributed by atoms with Gasteiger partial charge in [0.1, 0.15) is 12.3 Å². The number of carbonyl (C=O) groups excluding carboxylic acids is 3. The van der Waals surface area contributed by atoms with Crippen LogP contribution in [0.1, 0.15) is 19.4 Å². The van der Waals surface area contributed by atoms with E-state index in [1.54, 1.807) is 24.3 Å². The topological polar surface area (TPSA) is 75.7 Å². The molecule has 0 unspecified atom stereocenters. The van der Waals surface area contributed by atoms with Gasteiger partial charge < -0.3 is 10.1 Å². The van der Waals surface area contributed by atoms with Crippen LogP contribution >= 0.6 is 23.4 Å². The van der Waals surface area contributed by atoms with Crippen LogP contribution in [0.4, 0.5) is 4.79 Å². The van der Waals surface area contributed by atoms with Crippen molar-refractivity contribution in [2.45, 2.75) is 13.8 Å². The third-order valence-electron chi connectivity index (χ3n) is 3.36. The molecule has 1 heterocycles. The van der Waals surface area contributed by atoms with Crippen LogP contribution in [0.2, 0.25) is 5.02 Å². The van der Waals surface area contributed by atoms with Gasteiger partial charge in [0.2, 0.25) is 5.91 Å². The molecule has 0 aliphatic carbocycles. The van der Waals surface area contributed by atoms with Crippen LogP contribution in [-0.2, 0) is 9.59 Å². The number of imide groups is 1. The van der Waals surface area contributed by atoms with E-state index in [9.17, 15) is 14.4 Å². The lowest BCUT2D eigenvalue weighted by Crippen LogP contribution is -2.40. The van der Waals surface area contributed by atoms with E-state index < -0.39 is 11.1 Å². The van der Waals surface area contributed by atoms with Crippen molar-refractivity contribution >= 4 is 46.5 Å². The fourth-order valence-corrected chi connectivity index (χ4v) is 3.18. The van der Waals surface area contributed by atoms with E-state index in [1.807, 2.05) is 13.8 Å². The van der Waals surface area contributed by atoms with Crippen molar-refractivity contribution in [3.8, 4) is 5.75 Å². The van der Waals surface area contributed by atoms with Gasteiger partial charge in [-0.05, 0) is 41.5 Å². The van der Waals surface area contributed by atoms with Crippen LogP contribution in [0, 0.1) is 5.92 Å². The van der Waals surface area contributed by atoms with E-state index in [4.69, 9.17) is 16.3 Å². The third-order valence-corrected chi connectivity index (χ3v) is 4.56. The fraction of sp³-hybridized carbons (Fsp3) is 0.353. The van der Waals surface area contributed by atoms with Gasteiger partial charge in [-0.3, -0.25) is 19.3 Å². The van der Waals surface area contributed by atoms with E-state index in [1.165, 1.54) is 7.11 Å². The predicted molar refractivity (Wildman–Crippen MR) is 98.5 cm³/mol. The average molecular weight is 383 g/mol. The van der Waals surface area contributed by atoms with Crippen LogP contribution in [0.3, 0.4) is 0 Å². The van der Waals surface area contributed by atoms with Crippen LogP contribution in [0.5, 0.6) is 5.75 Å². The normalized spacial score (nSPS) is 16.0. The Morgan fingerprint density at radius 2 is 2.12 bits per heavy atom. The van der Waals surface area contributed by atoms with E-state index in [2.05, 4.69) is 5.32 Å². The molecule has 134 valence electrons. The van der Waals surface area contributed by atoms with E-state index in [0.717, 1.165) is 16.7 Å². The molecule has 3 amide bonds. The maximum absolute atomic E-state index is 12.4. The Morgan fingerprint density at radius 1 is 1.40 bits per heavy atom. The lowest BCUT2D eigenvalue weighted by atomic mass is 10.2. The largest absolute Gasteiger partial charge is 0.495 e. The Hall–Kier alpha value is -1.99. The number of nitrogens with one attached hydrogen (secondary N) is 1.